The molecular formula is C13H18N4O. The van der Waals surface area contributed by atoms with Crippen LogP contribution in [0.1, 0.15) is 25.7 Å². The van der Waals surface area contributed by atoms with Crippen LogP contribution in [0, 0.1) is 0 Å². The normalized spacial score (nSPS) is 30.1. The Labute approximate surface area is 106 Å². The summed E-state index contributed by atoms with van der Waals surface area (Å²) < 4.78 is 0. The zero-order chi connectivity index (χ0) is 12.4. The fourth-order valence-corrected chi connectivity index (χ4v) is 2.55. The zero-order valence-electron chi connectivity index (χ0n) is 10.3. The largest absolute Gasteiger partial charge is 0.327 e. The Hall–Kier alpha value is -1.62. The standard InChI is InChI=1S/C13H18N4O/c18-13-15-10-8-14-11(16-12(10)17-13)7-6-9-4-2-1-3-5-9/h1-2,4,10-11,14H,3,5-8H2,(H2,15,16,17,18). The highest BCUT2D eigenvalue weighted by atomic mass is 16.2. The molecule has 3 aliphatic rings. The third-order valence-electron chi connectivity index (χ3n) is 3.57. The van der Waals surface area contributed by atoms with Crippen LogP contribution >= 0.6 is 0 Å². The molecule has 2 atom stereocenters. The minimum Gasteiger partial charge on any atom is -0.327 e. The Balaban J connectivity index is 1.56. The number of nitrogens with zero attached hydrogens (tertiary/aromatic N) is 1. The van der Waals surface area contributed by atoms with Crippen molar-refractivity contribution in [2.24, 2.45) is 4.99 Å². The van der Waals surface area contributed by atoms with Crippen LogP contribution in [0.2, 0.25) is 0 Å². The van der Waals surface area contributed by atoms with Gasteiger partial charge in [-0.3, -0.25) is 15.6 Å². The van der Waals surface area contributed by atoms with Gasteiger partial charge in [-0.1, -0.05) is 23.8 Å². The average Bonchev–Trinajstić information content (AvgIpc) is 2.77. The van der Waals surface area contributed by atoms with Gasteiger partial charge in [-0.05, 0) is 25.7 Å². The Kier molecular flexibility index (Phi) is 3.15. The van der Waals surface area contributed by atoms with Gasteiger partial charge in [-0.15, -0.1) is 0 Å². The molecule has 0 aromatic heterocycles. The van der Waals surface area contributed by atoms with Crippen molar-refractivity contribution in [1.29, 1.82) is 0 Å². The van der Waals surface area contributed by atoms with Crippen LogP contribution in [0.4, 0.5) is 4.79 Å². The lowest BCUT2D eigenvalue weighted by atomic mass is 9.99. The van der Waals surface area contributed by atoms with Crippen LogP contribution in [0.25, 0.3) is 0 Å². The number of rotatable bonds is 3. The minimum atomic E-state index is -0.138. The van der Waals surface area contributed by atoms with Crippen LogP contribution < -0.4 is 16.0 Å². The van der Waals surface area contributed by atoms with Crippen LogP contribution in [-0.2, 0) is 0 Å². The molecule has 3 N–H and O–H groups in total. The lowest BCUT2D eigenvalue weighted by Crippen LogP contribution is -2.48. The summed E-state index contributed by atoms with van der Waals surface area (Å²) in [7, 11) is 0. The monoisotopic (exact) mass is 246 g/mol. The molecule has 18 heavy (non-hydrogen) atoms. The maximum absolute atomic E-state index is 11.2. The Bertz CT molecular complexity index is 438. The maximum Gasteiger partial charge on any atom is 0.320 e. The molecule has 2 heterocycles. The van der Waals surface area contributed by atoms with E-state index >= 15 is 0 Å². The average molecular weight is 246 g/mol. The van der Waals surface area contributed by atoms with E-state index in [4.69, 9.17) is 0 Å². The number of hydrogen-bond donors (Lipinski definition) is 3. The molecule has 2 amide bonds. The number of amides is 2. The van der Waals surface area contributed by atoms with E-state index in [-0.39, 0.29) is 18.2 Å². The number of urea groups is 1. The number of nitrogens with one attached hydrogen (secondary N) is 3. The van der Waals surface area contributed by atoms with Crippen molar-refractivity contribution in [2.45, 2.75) is 37.9 Å². The van der Waals surface area contributed by atoms with Gasteiger partial charge in [0, 0.05) is 6.54 Å². The van der Waals surface area contributed by atoms with Crippen LogP contribution in [-0.4, -0.2) is 30.6 Å². The van der Waals surface area contributed by atoms with E-state index < -0.39 is 0 Å². The first-order valence-electron chi connectivity index (χ1n) is 6.54. The molecule has 0 spiro atoms. The summed E-state index contributed by atoms with van der Waals surface area (Å²) in [4.78, 5) is 15.7. The first-order valence-corrected chi connectivity index (χ1v) is 6.54. The lowest BCUT2D eigenvalue weighted by molar-refractivity contribution is 0.247. The molecule has 0 aromatic carbocycles. The van der Waals surface area contributed by atoms with E-state index in [1.807, 2.05) is 0 Å². The summed E-state index contributed by atoms with van der Waals surface area (Å²) in [6, 6.07) is -0.105. The molecular weight excluding hydrogens is 228 g/mol. The molecule has 5 nitrogen and oxygen atoms in total. The second-order valence-corrected chi connectivity index (χ2v) is 4.92. The van der Waals surface area contributed by atoms with E-state index in [9.17, 15) is 4.79 Å². The number of carbonyl (C=O) groups is 1. The Morgan fingerprint density at radius 3 is 3.22 bits per heavy atom. The Morgan fingerprint density at radius 2 is 2.39 bits per heavy atom. The molecule has 0 bridgehead atoms. The molecule has 0 radical (unpaired) electrons. The number of amidine groups is 1. The predicted molar refractivity (Wildman–Crippen MR) is 70.4 cm³/mol. The SMILES string of the molecule is O=C1NC2=NC(CCC3=CC=CCC3)NCC2N1. The number of fused-ring (bicyclic) bond motifs is 1. The third-order valence-corrected chi connectivity index (χ3v) is 3.57. The van der Waals surface area contributed by atoms with Crippen molar-refractivity contribution in [3.05, 3.63) is 23.8 Å². The molecule has 2 unspecified atom stereocenters. The van der Waals surface area contributed by atoms with Crippen molar-refractivity contribution in [3.63, 3.8) is 0 Å². The van der Waals surface area contributed by atoms with E-state index in [2.05, 4.69) is 39.2 Å². The van der Waals surface area contributed by atoms with Crippen LogP contribution in [0.3, 0.4) is 0 Å². The predicted octanol–water partition coefficient (Wildman–Crippen LogP) is 1.05. The highest BCUT2D eigenvalue weighted by Crippen LogP contribution is 2.19. The van der Waals surface area contributed by atoms with Crippen LogP contribution in [0.5, 0.6) is 0 Å². The second kappa shape index (κ2) is 4.94. The number of allylic oxidation sites excluding steroid dienone is 4. The fraction of sp³-hybridized carbons (Fsp3) is 0.538. The molecule has 3 rings (SSSR count). The molecule has 0 saturated carbocycles. The summed E-state index contributed by atoms with van der Waals surface area (Å²) in [5.41, 5.74) is 1.50. The van der Waals surface area contributed by atoms with Gasteiger partial charge in [0.15, 0.2) is 0 Å². The minimum absolute atomic E-state index is 0.0329. The lowest BCUT2D eigenvalue weighted by Gasteiger charge is -2.24. The van der Waals surface area contributed by atoms with Crippen molar-refractivity contribution < 1.29 is 4.79 Å². The van der Waals surface area contributed by atoms with Crippen molar-refractivity contribution in [2.75, 3.05) is 6.54 Å². The van der Waals surface area contributed by atoms with Crippen LogP contribution in [0.15, 0.2) is 28.8 Å². The van der Waals surface area contributed by atoms with Gasteiger partial charge in [-0.25, -0.2) is 4.79 Å². The van der Waals surface area contributed by atoms with E-state index in [1.165, 1.54) is 12.0 Å². The zero-order valence-corrected chi connectivity index (χ0v) is 10.3. The number of carbonyl (C=O) groups excluding carboxylic acids is 1. The summed E-state index contributed by atoms with van der Waals surface area (Å²) in [6.07, 6.45) is 11.1. The van der Waals surface area contributed by atoms with Gasteiger partial charge < -0.3 is 5.32 Å². The molecule has 2 aliphatic heterocycles. The maximum atomic E-state index is 11.2. The smallest absolute Gasteiger partial charge is 0.320 e. The van der Waals surface area contributed by atoms with Gasteiger partial charge in [0.2, 0.25) is 0 Å². The quantitative estimate of drug-likeness (QED) is 0.697. The van der Waals surface area contributed by atoms with Gasteiger partial charge in [0.1, 0.15) is 18.0 Å². The van der Waals surface area contributed by atoms with Crippen molar-refractivity contribution in [1.82, 2.24) is 16.0 Å². The molecule has 1 fully saturated rings. The molecule has 5 heteroatoms. The van der Waals surface area contributed by atoms with E-state index in [0.29, 0.717) is 0 Å². The fourth-order valence-electron chi connectivity index (χ4n) is 2.55. The topological polar surface area (TPSA) is 65.5 Å². The van der Waals surface area contributed by atoms with Crippen molar-refractivity contribution >= 4 is 11.9 Å². The van der Waals surface area contributed by atoms with E-state index in [1.54, 1.807) is 0 Å². The summed E-state index contributed by atoms with van der Waals surface area (Å²) in [5, 5.41) is 8.94. The summed E-state index contributed by atoms with van der Waals surface area (Å²) in [5.74, 6) is 0.793. The first-order chi connectivity index (χ1) is 8.81. The third kappa shape index (κ3) is 2.46. The second-order valence-electron chi connectivity index (χ2n) is 4.92. The molecule has 0 aromatic rings. The van der Waals surface area contributed by atoms with Gasteiger partial charge in [-0.2, -0.15) is 0 Å². The highest BCUT2D eigenvalue weighted by molar-refractivity contribution is 6.07. The molecule has 1 saturated heterocycles. The van der Waals surface area contributed by atoms with Gasteiger partial charge in [0.25, 0.3) is 0 Å². The highest BCUT2D eigenvalue weighted by Gasteiger charge is 2.31. The summed E-state index contributed by atoms with van der Waals surface area (Å²) in [6.45, 7) is 0.765. The van der Waals surface area contributed by atoms with E-state index in [0.717, 1.165) is 31.6 Å². The molecule has 96 valence electrons. The van der Waals surface area contributed by atoms with Gasteiger partial charge >= 0.3 is 6.03 Å². The first kappa shape index (κ1) is 11.5. The van der Waals surface area contributed by atoms with Gasteiger partial charge in [0.05, 0.1) is 0 Å². The Morgan fingerprint density at radius 1 is 1.44 bits per heavy atom. The number of hydrogen-bond acceptors (Lipinski definition) is 3. The number of aliphatic imine (C=N–C) groups is 1. The summed E-state index contributed by atoms with van der Waals surface area (Å²) >= 11 is 0. The molecule has 1 aliphatic carbocycles. The van der Waals surface area contributed by atoms with Crippen molar-refractivity contribution in [3.8, 4) is 0 Å².